The zero-order valence-electron chi connectivity index (χ0n) is 66.4. The van der Waals surface area contributed by atoms with Gasteiger partial charge >= 0.3 is 11.9 Å². The number of carboxylic acid groups (broad SMARTS) is 1. The number of aliphatic carboxylic acids is 1. The van der Waals surface area contributed by atoms with Crippen LogP contribution >= 0.6 is 23.2 Å². The largest absolute Gasteiger partial charge is 0.508 e. The highest BCUT2D eigenvalue weighted by Gasteiger charge is 2.53. The highest BCUT2D eigenvalue weighted by Crippen LogP contribution is 2.51. The summed E-state index contributed by atoms with van der Waals surface area (Å²) in [6, 6.07) is -1.31. The van der Waals surface area contributed by atoms with Crippen molar-refractivity contribution in [3.63, 3.8) is 0 Å². The molecule has 8 heterocycles. The molecule has 23 atom stereocenters. The number of phenolic OH excluding ortho intramolecular Hbond substituents is 3. The quantitative estimate of drug-likeness (QED) is 0.0246. The Morgan fingerprint density at radius 3 is 1.84 bits per heavy atom. The number of halogens is 2. The molecule has 43 heteroatoms. The first-order valence-electron chi connectivity index (χ1n) is 38.5. The monoisotopic (exact) mass is 1750 g/mol. The second-order valence-electron chi connectivity index (χ2n) is 31.4. The number of carbonyl (C=O) groups is 11. The molecule has 0 spiro atoms. The topological polar surface area (TPSA) is 647 Å². The van der Waals surface area contributed by atoms with Crippen molar-refractivity contribution in [3.05, 3.63) is 117 Å². The Bertz CT molecular complexity index is 4850. The van der Waals surface area contributed by atoms with Crippen molar-refractivity contribution in [1.82, 2.24) is 42.5 Å². The number of ether oxygens (including phenoxy) is 9. The Labute approximate surface area is 704 Å². The minimum absolute atomic E-state index is 0.00633. The molecule has 0 aromatic heterocycles. The number of benzene rings is 5. The lowest BCUT2D eigenvalue weighted by molar-refractivity contribution is -0.333. The molecule has 24 N–H and O–H groups in total. The summed E-state index contributed by atoms with van der Waals surface area (Å²) in [5.74, 6) is -19.0. The molecule has 8 amide bonds. The molecule has 41 nitrogen and oxygen atoms in total. The number of likely N-dealkylation sites (N-methyl/N-ethyl adjacent to an activating group) is 1. The second kappa shape index (κ2) is 38.0. The number of hydrogen-bond donors (Lipinski definition) is 21. The van der Waals surface area contributed by atoms with E-state index in [1.165, 1.54) is 46.9 Å². The van der Waals surface area contributed by atoms with Crippen LogP contribution in [0, 0.1) is 5.92 Å². The van der Waals surface area contributed by atoms with Crippen molar-refractivity contribution >= 4 is 88.7 Å². The predicted molar refractivity (Wildman–Crippen MR) is 419 cm³/mol. The summed E-state index contributed by atoms with van der Waals surface area (Å²) in [4.78, 5) is 158. The molecule has 8 aliphatic rings. The van der Waals surface area contributed by atoms with E-state index < -0.39 is 308 Å². The van der Waals surface area contributed by atoms with Crippen molar-refractivity contribution in [1.29, 1.82) is 0 Å². The summed E-state index contributed by atoms with van der Waals surface area (Å²) in [5.41, 5.74) is 13.0. The van der Waals surface area contributed by atoms with Gasteiger partial charge in [0, 0.05) is 53.1 Å². The minimum Gasteiger partial charge on any atom is -0.508 e. The highest BCUT2D eigenvalue weighted by molar-refractivity contribution is 6.32. The molecule has 3 fully saturated rings. The van der Waals surface area contributed by atoms with Crippen LogP contribution < -0.4 is 73.9 Å². The molecule has 13 rings (SSSR count). The Morgan fingerprint density at radius 2 is 1.25 bits per heavy atom. The van der Waals surface area contributed by atoms with Crippen molar-refractivity contribution in [2.45, 2.75) is 220 Å². The molecule has 0 aliphatic carbocycles. The van der Waals surface area contributed by atoms with E-state index in [4.69, 9.17) is 83.0 Å². The molecule has 660 valence electrons. The SMILES string of the molecule is CNC(CC(C)C)C(=O)NC1C(=O)NC(CC(N)=O)C(=O)NC2C(=O)NC3C(=O)NC(C(=O)NC(C(=O)O)c4cc(O)cc(O)c4-c4cc3ccc4O)C(OC3CC(C)(N)C(O)C(C)O3)c3ccc(c(Cl)c3)Oc3cc2cc(c3OC2OC(COC(=O)CCC(=O)NC(O)C=O)C(O)C(O)C2OC2CC(C)(N)C(O)C(C)O2)Oc2ccc(cc2Cl)C1O. The Hall–Kier alpha value is -10.7. The first-order valence-corrected chi connectivity index (χ1v) is 39.2. The van der Waals surface area contributed by atoms with Crippen LogP contribution in [0.25, 0.3) is 11.1 Å². The summed E-state index contributed by atoms with van der Waals surface area (Å²) >= 11 is 14.6. The zero-order valence-corrected chi connectivity index (χ0v) is 67.9. The van der Waals surface area contributed by atoms with Crippen LogP contribution in [-0.4, -0.2) is 239 Å². The van der Waals surface area contributed by atoms with Crippen LogP contribution in [0.2, 0.25) is 10.0 Å². The molecule has 0 saturated carbocycles. The van der Waals surface area contributed by atoms with E-state index >= 15 is 24.0 Å². The fourth-order valence-corrected chi connectivity index (χ4v) is 15.4. The maximum Gasteiger partial charge on any atom is 0.330 e. The number of carboxylic acids is 1. The van der Waals surface area contributed by atoms with E-state index in [1.54, 1.807) is 13.8 Å². The molecule has 5 aromatic carbocycles. The van der Waals surface area contributed by atoms with E-state index in [-0.39, 0.29) is 42.6 Å². The van der Waals surface area contributed by atoms with Crippen LogP contribution in [0.3, 0.4) is 0 Å². The molecule has 11 bridgehead atoms. The summed E-state index contributed by atoms with van der Waals surface area (Å²) in [6.07, 6.45) is -27.7. The standard InChI is InChI=1S/C79H95Cl2N11O30/c1-29(2)16-41(85-7)70(106)91-60-62(101)33-9-12-45(39(80)18-33)117-47-20-35-21-48(66(47)122-77-67(121-55-26-79(6,84)69(105)31(4)116-55)64(103)63(102)49(119-77)28-114-53(100)15-14-51(98)87-52(99)27-93)118-46-13-10-34(19-40(46)81)65(120-54-25-78(5,83)68(104)30(3)115-54)61-75(111)90-59(76(112)113)38-22-36(94)23-44(96)56(38)37-17-32(8-11-43(37)95)57(72(108)92-61)89-73(109)58(35)88-71(107)42(24-50(82)97)86-74(60)110/h8-13,17-23,27,29-31,41-42,49,52,54-55,57-65,67-69,77,85,94-96,99,101-105H,14-16,24-26,28,83-84H2,1-7H3,(H2,82,97)(H,86,110)(H,87,98)(H,88,107)(H,89,109)(H,90,111)(H,91,106)(H,92,108)(H,112,113). The lowest BCUT2D eigenvalue weighted by Gasteiger charge is -2.47. The van der Waals surface area contributed by atoms with E-state index in [0.717, 1.165) is 66.7 Å². The summed E-state index contributed by atoms with van der Waals surface area (Å²) in [5, 5.41) is 133. The number of aliphatic hydroxyl groups is 6. The first-order chi connectivity index (χ1) is 57.4. The predicted octanol–water partition coefficient (Wildman–Crippen LogP) is -0.692. The van der Waals surface area contributed by atoms with Gasteiger partial charge in [0.2, 0.25) is 59.3 Å². The van der Waals surface area contributed by atoms with Crippen LogP contribution in [-0.2, 0) is 81.2 Å². The van der Waals surface area contributed by atoms with Gasteiger partial charge in [0.25, 0.3) is 0 Å². The van der Waals surface area contributed by atoms with Gasteiger partial charge in [0.1, 0.15) is 96.1 Å². The zero-order chi connectivity index (χ0) is 89.2. The number of fused-ring (bicyclic) bond motifs is 15. The maximum absolute atomic E-state index is 16.5. The normalized spacial score (nSPS) is 30.3. The van der Waals surface area contributed by atoms with Gasteiger partial charge in [-0.25, -0.2) is 4.79 Å². The van der Waals surface area contributed by atoms with Crippen LogP contribution in [0.5, 0.6) is 46.0 Å². The van der Waals surface area contributed by atoms with Crippen molar-refractivity contribution in [3.8, 4) is 57.1 Å². The van der Waals surface area contributed by atoms with E-state index in [2.05, 4.69) is 37.2 Å². The first kappa shape index (κ1) is 92.0. The number of nitrogens with one attached hydrogen (secondary N) is 8. The van der Waals surface area contributed by atoms with Gasteiger partial charge in [-0.2, -0.15) is 0 Å². The summed E-state index contributed by atoms with van der Waals surface area (Å²) in [7, 11) is 1.45. The molecule has 5 aromatic rings. The average Bonchev–Trinajstić information content (AvgIpc) is 0.763. The van der Waals surface area contributed by atoms with E-state index in [0.29, 0.717) is 0 Å². The molecule has 23 unspecified atom stereocenters. The third kappa shape index (κ3) is 20.8. The number of primary amides is 1. The fourth-order valence-electron chi connectivity index (χ4n) is 15.0. The van der Waals surface area contributed by atoms with Gasteiger partial charge in [-0.1, -0.05) is 55.2 Å². The number of hydrogen-bond acceptors (Lipinski definition) is 32. The number of esters is 1. The number of aldehydes is 1. The van der Waals surface area contributed by atoms with E-state index in [1.807, 2.05) is 5.32 Å². The third-order valence-electron chi connectivity index (χ3n) is 21.4. The smallest absolute Gasteiger partial charge is 0.330 e. The fraction of sp³-hybridized carbons (Fsp3) is 0.481. The number of aromatic hydroxyl groups is 3. The molecule has 0 radical (unpaired) electrons. The lowest BCUT2D eigenvalue weighted by atomic mass is 9.86. The Morgan fingerprint density at radius 1 is 0.672 bits per heavy atom. The molecular weight excluding hydrogens is 1650 g/mol. The summed E-state index contributed by atoms with van der Waals surface area (Å²) < 4.78 is 57.6. The number of phenols is 3. The van der Waals surface area contributed by atoms with Gasteiger partial charge in [-0.15, -0.1) is 0 Å². The lowest BCUT2D eigenvalue weighted by Crippen LogP contribution is -2.64. The van der Waals surface area contributed by atoms with Crippen LogP contribution in [0.15, 0.2) is 78.9 Å². The van der Waals surface area contributed by atoms with Gasteiger partial charge < -0.3 is 153 Å². The van der Waals surface area contributed by atoms with Crippen molar-refractivity contribution in [2.24, 2.45) is 23.1 Å². The Balaban J connectivity index is 1.18. The number of rotatable bonds is 21. The average molecular weight is 1750 g/mol. The van der Waals surface area contributed by atoms with Crippen molar-refractivity contribution in [2.75, 3.05) is 13.7 Å². The van der Waals surface area contributed by atoms with Crippen LogP contribution in [0.1, 0.15) is 138 Å². The molecule has 8 aliphatic heterocycles. The molecular formula is C79H95Cl2N11O30. The maximum atomic E-state index is 16.5. The third-order valence-corrected chi connectivity index (χ3v) is 22.0. The molecule has 122 heavy (non-hydrogen) atoms. The van der Waals surface area contributed by atoms with Gasteiger partial charge in [0.05, 0.1) is 53.3 Å². The Kier molecular flexibility index (Phi) is 28.6. The van der Waals surface area contributed by atoms with E-state index in [9.17, 15) is 79.8 Å². The molecule has 3 saturated heterocycles. The van der Waals surface area contributed by atoms with Crippen molar-refractivity contribution < 1.29 is 146 Å². The number of aliphatic hydroxyl groups excluding tert-OH is 6. The van der Waals surface area contributed by atoms with Gasteiger partial charge in [-0.05, 0) is 124 Å². The van der Waals surface area contributed by atoms with Gasteiger partial charge in [-0.3, -0.25) is 47.9 Å². The van der Waals surface area contributed by atoms with Crippen LogP contribution in [0.4, 0.5) is 0 Å². The highest BCUT2D eigenvalue weighted by atomic mass is 35.5. The number of amides is 8. The number of carbonyl (C=O) groups excluding carboxylic acids is 10. The minimum atomic E-state index is -2.46. The van der Waals surface area contributed by atoms with Gasteiger partial charge in [0.15, 0.2) is 48.7 Å². The second-order valence-corrected chi connectivity index (χ2v) is 32.2. The summed E-state index contributed by atoms with van der Waals surface area (Å²) in [6.45, 7) is 8.42. The number of nitrogens with two attached hydrogens (primary N) is 3.